The van der Waals surface area contributed by atoms with Crippen LogP contribution in [0.3, 0.4) is 0 Å². The Kier molecular flexibility index (Phi) is 2.44. The van der Waals surface area contributed by atoms with Crippen molar-refractivity contribution in [3.05, 3.63) is 49.4 Å². The molecule has 0 saturated heterocycles. The first-order chi connectivity index (χ1) is 5.34. The van der Waals surface area contributed by atoms with Crippen LogP contribution in [0.25, 0.3) is 0 Å². The van der Waals surface area contributed by atoms with Crippen molar-refractivity contribution in [2.45, 2.75) is 0 Å². The van der Waals surface area contributed by atoms with Gasteiger partial charge in [0, 0.05) is 18.5 Å². The molecule has 0 aromatic rings. The average Bonchev–Trinajstić information content (AvgIpc) is 1.98. The molecule has 0 aliphatic carbocycles. The number of nitrogens with zero attached hydrogens (tertiary/aromatic N) is 1. The Labute approximate surface area is 65.8 Å². The van der Waals surface area contributed by atoms with Gasteiger partial charge in [0.25, 0.3) is 5.91 Å². The van der Waals surface area contributed by atoms with Gasteiger partial charge >= 0.3 is 0 Å². The molecule has 2 heteroatoms. The van der Waals surface area contributed by atoms with Crippen LogP contribution in [0.5, 0.6) is 0 Å². The van der Waals surface area contributed by atoms with Crippen molar-refractivity contribution in [1.82, 2.24) is 4.90 Å². The van der Waals surface area contributed by atoms with Crippen LogP contribution in [0.2, 0.25) is 0 Å². The molecule has 0 N–H and O–H groups in total. The predicted molar refractivity (Wildman–Crippen MR) is 44.5 cm³/mol. The number of carbonyl (C=O) groups is 1. The zero-order valence-electron chi connectivity index (χ0n) is 6.10. The van der Waals surface area contributed by atoms with Gasteiger partial charge in [-0.05, 0) is 6.08 Å². The van der Waals surface area contributed by atoms with Crippen LogP contribution < -0.4 is 0 Å². The van der Waals surface area contributed by atoms with E-state index in [0.29, 0.717) is 0 Å². The summed E-state index contributed by atoms with van der Waals surface area (Å²) in [5, 5.41) is 0. The molecule has 1 aliphatic heterocycles. The first-order valence-corrected chi connectivity index (χ1v) is 3.31. The first-order valence-electron chi connectivity index (χ1n) is 3.31. The summed E-state index contributed by atoms with van der Waals surface area (Å²) in [5.74, 6) is -0.0828. The van der Waals surface area contributed by atoms with Crippen molar-refractivity contribution in [3.63, 3.8) is 0 Å². The lowest BCUT2D eigenvalue weighted by molar-refractivity contribution is -0.121. The fourth-order valence-corrected chi connectivity index (χ4v) is 0.719. The summed E-state index contributed by atoms with van der Waals surface area (Å²) < 4.78 is 0. The Bertz CT molecular complexity index is 248. The lowest BCUT2D eigenvalue weighted by Gasteiger charge is -2.09. The van der Waals surface area contributed by atoms with Crippen LogP contribution in [-0.2, 0) is 4.79 Å². The molecule has 1 amide bonds. The van der Waals surface area contributed by atoms with Crippen molar-refractivity contribution in [2.75, 3.05) is 0 Å². The van der Waals surface area contributed by atoms with E-state index in [1.54, 1.807) is 24.4 Å². The molecular formula is C9H9NO. The van der Waals surface area contributed by atoms with E-state index in [1.807, 2.05) is 6.08 Å². The second-order valence-electron chi connectivity index (χ2n) is 2.01. The summed E-state index contributed by atoms with van der Waals surface area (Å²) in [4.78, 5) is 12.5. The zero-order valence-corrected chi connectivity index (χ0v) is 6.10. The van der Waals surface area contributed by atoms with E-state index < -0.39 is 0 Å². The van der Waals surface area contributed by atoms with Crippen LogP contribution in [0, 0.1) is 0 Å². The van der Waals surface area contributed by atoms with Crippen molar-refractivity contribution < 1.29 is 4.79 Å². The third kappa shape index (κ3) is 1.93. The third-order valence-corrected chi connectivity index (χ3v) is 1.27. The second-order valence-corrected chi connectivity index (χ2v) is 2.01. The quantitative estimate of drug-likeness (QED) is 0.551. The molecule has 11 heavy (non-hydrogen) atoms. The van der Waals surface area contributed by atoms with E-state index in [0.717, 1.165) is 0 Å². The van der Waals surface area contributed by atoms with Gasteiger partial charge < -0.3 is 0 Å². The number of carbonyl (C=O) groups excluding carboxylic acids is 1. The highest BCUT2D eigenvalue weighted by Gasteiger charge is 2.01. The third-order valence-electron chi connectivity index (χ3n) is 1.27. The molecule has 0 aromatic heterocycles. The summed E-state index contributed by atoms with van der Waals surface area (Å²) in [6, 6.07) is 0. The minimum atomic E-state index is -0.0828. The maximum atomic E-state index is 11.1. The lowest BCUT2D eigenvalue weighted by Crippen LogP contribution is -2.16. The standard InChI is InChI=1S/C9H9NO/c1-2-10-8-6-4-3-5-7-9(10)11/h2-8H,1H2/b4-3-,7-5-,8-6-. The molecule has 56 valence electrons. The largest absolute Gasteiger partial charge is 0.292 e. The zero-order chi connectivity index (χ0) is 8.10. The fourth-order valence-electron chi connectivity index (χ4n) is 0.719. The Morgan fingerprint density at radius 1 is 1.27 bits per heavy atom. The van der Waals surface area contributed by atoms with Crippen LogP contribution >= 0.6 is 0 Å². The maximum absolute atomic E-state index is 11.1. The van der Waals surface area contributed by atoms with Crippen molar-refractivity contribution in [1.29, 1.82) is 0 Å². The van der Waals surface area contributed by atoms with Crippen molar-refractivity contribution in [2.24, 2.45) is 0 Å². The highest BCUT2D eigenvalue weighted by atomic mass is 16.2. The Morgan fingerprint density at radius 3 is 2.73 bits per heavy atom. The van der Waals surface area contributed by atoms with Gasteiger partial charge in [-0.3, -0.25) is 9.69 Å². The van der Waals surface area contributed by atoms with Gasteiger partial charge in [-0.15, -0.1) is 0 Å². The van der Waals surface area contributed by atoms with Crippen LogP contribution in [0.15, 0.2) is 49.4 Å². The molecule has 2 nitrogen and oxygen atoms in total. The van der Waals surface area contributed by atoms with Gasteiger partial charge in [-0.1, -0.05) is 24.8 Å². The number of allylic oxidation sites excluding steroid dienone is 4. The molecule has 0 radical (unpaired) electrons. The highest BCUT2D eigenvalue weighted by Crippen LogP contribution is 1.97. The molecule has 0 unspecified atom stereocenters. The first kappa shape index (κ1) is 7.54. The fraction of sp³-hybridized carbons (Fsp3) is 0. The number of rotatable bonds is 1. The Hall–Kier alpha value is -1.57. The maximum Gasteiger partial charge on any atom is 0.254 e. The summed E-state index contributed by atoms with van der Waals surface area (Å²) in [7, 11) is 0. The topological polar surface area (TPSA) is 20.3 Å². The molecule has 1 aliphatic rings. The molecule has 0 atom stereocenters. The molecule has 0 fully saturated rings. The average molecular weight is 147 g/mol. The molecule has 1 heterocycles. The van der Waals surface area contributed by atoms with Gasteiger partial charge in [0.2, 0.25) is 0 Å². The van der Waals surface area contributed by atoms with Gasteiger partial charge in [0.1, 0.15) is 0 Å². The van der Waals surface area contributed by atoms with Crippen LogP contribution in [-0.4, -0.2) is 10.8 Å². The number of amides is 1. The highest BCUT2D eigenvalue weighted by molar-refractivity contribution is 5.89. The predicted octanol–water partition coefficient (Wildman–Crippen LogP) is 1.60. The van der Waals surface area contributed by atoms with E-state index in [1.165, 1.54) is 17.2 Å². The SMILES string of the molecule is C=CN1\C=C/C=C\C=C/C1=O. The summed E-state index contributed by atoms with van der Waals surface area (Å²) in [6.07, 6.45) is 11.7. The van der Waals surface area contributed by atoms with E-state index in [2.05, 4.69) is 6.58 Å². The summed E-state index contributed by atoms with van der Waals surface area (Å²) in [6.45, 7) is 3.50. The minimum Gasteiger partial charge on any atom is -0.292 e. The molecule has 1 rings (SSSR count). The minimum absolute atomic E-state index is 0.0828. The Morgan fingerprint density at radius 2 is 2.00 bits per heavy atom. The van der Waals surface area contributed by atoms with Crippen molar-refractivity contribution >= 4 is 5.91 Å². The monoisotopic (exact) mass is 147 g/mol. The van der Waals surface area contributed by atoms with E-state index in [-0.39, 0.29) is 5.91 Å². The van der Waals surface area contributed by atoms with Crippen molar-refractivity contribution in [3.8, 4) is 0 Å². The summed E-state index contributed by atoms with van der Waals surface area (Å²) in [5.41, 5.74) is 0. The normalized spacial score (nSPS) is 25.1. The second kappa shape index (κ2) is 3.56. The van der Waals surface area contributed by atoms with Gasteiger partial charge in [-0.25, -0.2) is 0 Å². The smallest absolute Gasteiger partial charge is 0.254 e. The Balaban J connectivity index is 2.87. The molecule has 0 saturated carbocycles. The molecule has 0 bridgehead atoms. The van der Waals surface area contributed by atoms with Gasteiger partial charge in [0.15, 0.2) is 0 Å². The van der Waals surface area contributed by atoms with E-state index in [4.69, 9.17) is 0 Å². The van der Waals surface area contributed by atoms with Gasteiger partial charge in [-0.2, -0.15) is 0 Å². The number of hydrogen-bond donors (Lipinski definition) is 0. The van der Waals surface area contributed by atoms with Crippen LogP contribution in [0.1, 0.15) is 0 Å². The lowest BCUT2D eigenvalue weighted by atomic mass is 10.3. The number of hydrogen-bond acceptors (Lipinski definition) is 1. The molecule has 0 spiro atoms. The van der Waals surface area contributed by atoms with E-state index in [9.17, 15) is 4.79 Å². The van der Waals surface area contributed by atoms with Gasteiger partial charge in [0.05, 0.1) is 0 Å². The van der Waals surface area contributed by atoms with Crippen LogP contribution in [0.4, 0.5) is 0 Å². The summed E-state index contributed by atoms with van der Waals surface area (Å²) >= 11 is 0. The molecule has 0 aromatic carbocycles. The molecular weight excluding hydrogens is 138 g/mol. The van der Waals surface area contributed by atoms with E-state index >= 15 is 0 Å².